The molecule has 0 aliphatic rings. The van der Waals surface area contributed by atoms with Crippen molar-refractivity contribution in [3.8, 4) is 6.07 Å². The van der Waals surface area contributed by atoms with Gasteiger partial charge in [0.2, 0.25) is 11.0 Å². The van der Waals surface area contributed by atoms with E-state index in [2.05, 4.69) is 26.9 Å². The number of anilines is 1. The molecule has 3 rings (SSSR count). The summed E-state index contributed by atoms with van der Waals surface area (Å²) < 4.78 is 27.1. The van der Waals surface area contributed by atoms with Crippen molar-refractivity contribution in [2.45, 2.75) is 16.5 Å². The molecule has 0 unspecified atom stereocenters. The normalized spacial score (nSPS) is 10.4. The topological polar surface area (TPSA) is 108 Å². The van der Waals surface area contributed by atoms with E-state index in [4.69, 9.17) is 5.26 Å². The standard InChI is InChI=1S/C20H15F2N5O2S2/c21-14-5-6-15(16(22)9-14)18(29)24-8-7-17(28)25-19-26-27-20(31-19)30-11-13-3-1-12(10-23)2-4-13/h1-6,9H,7-8,11H2,(H,24,29)(H,25,26,28). The van der Waals surface area contributed by atoms with Gasteiger partial charge in [-0.2, -0.15) is 5.26 Å². The molecule has 0 saturated heterocycles. The number of nitrogens with one attached hydrogen (secondary N) is 2. The maximum absolute atomic E-state index is 13.6. The first-order valence-electron chi connectivity index (χ1n) is 8.93. The van der Waals surface area contributed by atoms with Crippen molar-refractivity contribution in [1.82, 2.24) is 15.5 Å². The number of carbonyl (C=O) groups is 2. The number of rotatable bonds is 8. The minimum Gasteiger partial charge on any atom is -0.351 e. The maximum Gasteiger partial charge on any atom is 0.254 e. The highest BCUT2D eigenvalue weighted by Crippen LogP contribution is 2.28. The van der Waals surface area contributed by atoms with E-state index in [-0.39, 0.29) is 24.4 Å². The number of halogens is 2. The quantitative estimate of drug-likeness (QED) is 0.393. The van der Waals surface area contributed by atoms with Crippen molar-refractivity contribution in [3.63, 3.8) is 0 Å². The molecule has 11 heteroatoms. The molecule has 7 nitrogen and oxygen atoms in total. The van der Waals surface area contributed by atoms with Crippen molar-refractivity contribution < 1.29 is 18.4 Å². The van der Waals surface area contributed by atoms with E-state index in [1.165, 1.54) is 23.1 Å². The van der Waals surface area contributed by atoms with Gasteiger partial charge in [-0.05, 0) is 29.8 Å². The Hall–Kier alpha value is -3.36. The summed E-state index contributed by atoms with van der Waals surface area (Å²) in [5.74, 6) is -2.23. The van der Waals surface area contributed by atoms with Gasteiger partial charge in [0.05, 0.1) is 17.2 Å². The first kappa shape index (κ1) is 22.3. The summed E-state index contributed by atoms with van der Waals surface area (Å²) in [7, 11) is 0. The third-order valence-electron chi connectivity index (χ3n) is 3.91. The van der Waals surface area contributed by atoms with E-state index in [1.54, 1.807) is 12.1 Å². The summed E-state index contributed by atoms with van der Waals surface area (Å²) in [6.07, 6.45) is -0.0537. The van der Waals surface area contributed by atoms with Crippen LogP contribution in [0, 0.1) is 23.0 Å². The lowest BCUT2D eigenvalue weighted by Crippen LogP contribution is -2.28. The molecular weight excluding hydrogens is 444 g/mol. The zero-order valence-electron chi connectivity index (χ0n) is 15.9. The van der Waals surface area contributed by atoms with Crippen molar-refractivity contribution in [3.05, 3.63) is 70.8 Å². The maximum atomic E-state index is 13.6. The first-order valence-corrected chi connectivity index (χ1v) is 10.7. The second-order valence-corrected chi connectivity index (χ2v) is 8.35. The molecule has 3 aromatic rings. The average Bonchev–Trinajstić information content (AvgIpc) is 3.19. The Bertz CT molecular complexity index is 1130. The number of benzene rings is 2. The van der Waals surface area contributed by atoms with E-state index in [9.17, 15) is 18.4 Å². The number of aromatic nitrogens is 2. The third kappa shape index (κ3) is 6.56. The smallest absolute Gasteiger partial charge is 0.254 e. The van der Waals surface area contributed by atoms with Crippen molar-refractivity contribution in [2.75, 3.05) is 11.9 Å². The minimum absolute atomic E-state index is 0.0272. The Kier molecular flexibility index (Phi) is 7.64. The number of carbonyl (C=O) groups excluding carboxylic acids is 2. The van der Waals surface area contributed by atoms with Crippen LogP contribution < -0.4 is 10.6 Å². The van der Waals surface area contributed by atoms with Crippen LogP contribution in [-0.4, -0.2) is 28.6 Å². The predicted octanol–water partition coefficient (Wildman–Crippen LogP) is 3.74. The Morgan fingerprint density at radius 3 is 2.61 bits per heavy atom. The third-order valence-corrected chi connectivity index (χ3v) is 5.95. The monoisotopic (exact) mass is 459 g/mol. The van der Waals surface area contributed by atoms with Gasteiger partial charge in [-0.3, -0.25) is 9.59 Å². The van der Waals surface area contributed by atoms with E-state index in [0.29, 0.717) is 26.9 Å². The highest BCUT2D eigenvalue weighted by Gasteiger charge is 2.13. The number of amides is 2. The fraction of sp³-hybridized carbons (Fsp3) is 0.150. The molecule has 2 amide bonds. The first-order chi connectivity index (χ1) is 14.9. The van der Waals surface area contributed by atoms with Crippen molar-refractivity contribution in [2.24, 2.45) is 0 Å². The van der Waals surface area contributed by atoms with Crippen molar-refractivity contribution in [1.29, 1.82) is 5.26 Å². The van der Waals surface area contributed by atoms with Gasteiger partial charge in [-0.15, -0.1) is 10.2 Å². The van der Waals surface area contributed by atoms with Crippen LogP contribution in [0.4, 0.5) is 13.9 Å². The van der Waals surface area contributed by atoms with Gasteiger partial charge >= 0.3 is 0 Å². The number of hydrogen-bond acceptors (Lipinski definition) is 7. The second-order valence-electron chi connectivity index (χ2n) is 6.15. The average molecular weight is 460 g/mol. The van der Waals surface area contributed by atoms with Crippen LogP contribution >= 0.6 is 23.1 Å². The molecule has 1 heterocycles. The molecule has 0 aliphatic carbocycles. The second kappa shape index (κ2) is 10.6. The van der Waals surface area contributed by atoms with Gasteiger partial charge in [-0.25, -0.2) is 8.78 Å². The highest BCUT2D eigenvalue weighted by atomic mass is 32.2. The van der Waals surface area contributed by atoms with Gasteiger partial charge in [0.25, 0.3) is 5.91 Å². The summed E-state index contributed by atoms with van der Waals surface area (Å²) in [6, 6.07) is 11.9. The van der Waals surface area contributed by atoms with Gasteiger partial charge in [0, 0.05) is 24.8 Å². The number of nitrogens with zero attached hydrogens (tertiary/aromatic N) is 3. The molecule has 0 fully saturated rings. The number of hydrogen-bond donors (Lipinski definition) is 2. The molecule has 31 heavy (non-hydrogen) atoms. The fourth-order valence-electron chi connectivity index (χ4n) is 2.38. The summed E-state index contributed by atoms with van der Waals surface area (Å²) in [6.45, 7) is -0.0272. The SMILES string of the molecule is N#Cc1ccc(CSc2nnc(NC(=O)CCNC(=O)c3ccc(F)cc3F)s2)cc1. The van der Waals surface area contributed by atoms with E-state index in [1.807, 2.05) is 12.1 Å². The number of thioether (sulfide) groups is 1. The van der Waals surface area contributed by atoms with Crippen LogP contribution in [0.3, 0.4) is 0 Å². The minimum atomic E-state index is -0.971. The zero-order valence-corrected chi connectivity index (χ0v) is 17.5. The largest absolute Gasteiger partial charge is 0.351 e. The van der Waals surface area contributed by atoms with Crippen LogP contribution in [-0.2, 0) is 10.5 Å². The molecule has 1 aromatic heterocycles. The van der Waals surface area contributed by atoms with E-state index >= 15 is 0 Å². The molecule has 158 valence electrons. The van der Waals surface area contributed by atoms with E-state index < -0.39 is 17.5 Å². The fourth-order valence-corrected chi connectivity index (χ4v) is 4.10. The zero-order chi connectivity index (χ0) is 22.2. The Balaban J connectivity index is 1.42. The predicted molar refractivity (Wildman–Crippen MR) is 113 cm³/mol. The van der Waals surface area contributed by atoms with Crippen molar-refractivity contribution >= 4 is 40.0 Å². The molecule has 2 aromatic carbocycles. The molecular formula is C20H15F2N5O2S2. The van der Waals surface area contributed by atoms with Gasteiger partial charge in [-0.1, -0.05) is 35.2 Å². The molecule has 0 atom stereocenters. The molecule has 2 N–H and O–H groups in total. The molecule has 0 spiro atoms. The number of nitriles is 1. The lowest BCUT2D eigenvalue weighted by Gasteiger charge is -2.06. The lowest BCUT2D eigenvalue weighted by atomic mass is 10.2. The van der Waals surface area contributed by atoms with Crippen LogP contribution in [0.2, 0.25) is 0 Å². The molecule has 0 radical (unpaired) electrons. The summed E-state index contributed by atoms with van der Waals surface area (Å²) in [5, 5.41) is 22.0. The summed E-state index contributed by atoms with van der Waals surface area (Å²) in [5.41, 5.74) is 1.32. The molecule has 0 bridgehead atoms. The van der Waals surface area contributed by atoms with Crippen LogP contribution in [0.1, 0.15) is 27.9 Å². The van der Waals surface area contributed by atoms with Crippen LogP contribution in [0.25, 0.3) is 0 Å². The lowest BCUT2D eigenvalue weighted by molar-refractivity contribution is -0.116. The van der Waals surface area contributed by atoms with Gasteiger partial charge in [0.15, 0.2) is 4.34 Å². The summed E-state index contributed by atoms with van der Waals surface area (Å²) in [4.78, 5) is 23.9. The van der Waals surface area contributed by atoms with E-state index in [0.717, 1.165) is 17.7 Å². The van der Waals surface area contributed by atoms with Crippen LogP contribution in [0.15, 0.2) is 46.8 Å². The Morgan fingerprint density at radius 2 is 1.90 bits per heavy atom. The van der Waals surface area contributed by atoms with Gasteiger partial charge < -0.3 is 10.6 Å². The molecule has 0 aliphatic heterocycles. The Labute approximate surface area is 184 Å². The van der Waals surface area contributed by atoms with Crippen LogP contribution in [0.5, 0.6) is 0 Å². The Morgan fingerprint density at radius 1 is 1.13 bits per heavy atom. The molecule has 0 saturated carbocycles. The van der Waals surface area contributed by atoms with Gasteiger partial charge in [0.1, 0.15) is 11.6 Å². The summed E-state index contributed by atoms with van der Waals surface area (Å²) >= 11 is 2.66. The highest BCUT2D eigenvalue weighted by molar-refractivity contribution is 8.00.